The Bertz CT molecular complexity index is 801. The number of rotatable bonds is 3. The number of aromatic nitrogens is 1. The minimum atomic E-state index is -1.09. The molecule has 0 aliphatic carbocycles. The molecule has 0 saturated carbocycles. The van der Waals surface area contributed by atoms with Gasteiger partial charge >= 0.3 is 6.09 Å². The van der Waals surface area contributed by atoms with E-state index in [9.17, 15) is 23.5 Å². The molecule has 2 heterocycles. The van der Waals surface area contributed by atoms with Gasteiger partial charge in [-0.1, -0.05) is 6.07 Å². The molecule has 128 valence electrons. The molecule has 1 amide bonds. The van der Waals surface area contributed by atoms with Crippen LogP contribution in [0.3, 0.4) is 0 Å². The van der Waals surface area contributed by atoms with Crippen molar-refractivity contribution < 1.29 is 23.2 Å². The van der Waals surface area contributed by atoms with Crippen molar-refractivity contribution in [3.8, 4) is 0 Å². The summed E-state index contributed by atoms with van der Waals surface area (Å²) in [5.41, 5.74) is -0.101. The summed E-state index contributed by atoms with van der Waals surface area (Å²) in [5.74, 6) is -1.04. The Morgan fingerprint density at radius 1 is 1.38 bits per heavy atom. The highest BCUT2D eigenvalue weighted by atomic mass is 19.1. The van der Waals surface area contributed by atoms with Gasteiger partial charge in [0.25, 0.3) is 5.56 Å². The number of carboxylic acid groups (broad SMARTS) is 1. The summed E-state index contributed by atoms with van der Waals surface area (Å²) < 4.78 is 32.0. The first-order valence-corrected chi connectivity index (χ1v) is 7.56. The molecule has 0 radical (unpaired) electrons. The van der Waals surface area contributed by atoms with Crippen molar-refractivity contribution >= 4 is 6.09 Å². The van der Waals surface area contributed by atoms with Crippen molar-refractivity contribution in [2.45, 2.75) is 31.2 Å². The number of hydrogen-bond acceptors (Lipinski definition) is 3. The van der Waals surface area contributed by atoms with E-state index in [0.29, 0.717) is 18.6 Å². The van der Waals surface area contributed by atoms with E-state index in [0.717, 1.165) is 12.1 Å². The Labute approximate surface area is 135 Å². The van der Waals surface area contributed by atoms with Gasteiger partial charge in [0, 0.05) is 30.6 Å². The zero-order chi connectivity index (χ0) is 17.3. The van der Waals surface area contributed by atoms with Gasteiger partial charge in [0.1, 0.15) is 17.4 Å². The van der Waals surface area contributed by atoms with Crippen LogP contribution < -0.4 is 5.56 Å². The van der Waals surface area contributed by atoms with Crippen molar-refractivity contribution in [1.29, 1.82) is 0 Å². The average Bonchev–Trinajstić information content (AvgIpc) is 2.96. The summed E-state index contributed by atoms with van der Waals surface area (Å²) in [6.45, 7) is 0.252. The smallest absolute Gasteiger partial charge is 0.407 e. The number of amides is 1. The lowest BCUT2D eigenvalue weighted by Crippen LogP contribution is -2.46. The summed E-state index contributed by atoms with van der Waals surface area (Å²) in [6.07, 6.45) is -0.0559. The summed E-state index contributed by atoms with van der Waals surface area (Å²) in [5, 5.41) is 11.6. The highest BCUT2D eigenvalue weighted by molar-refractivity contribution is 5.65. The lowest BCUT2D eigenvalue weighted by atomic mass is 9.86. The summed E-state index contributed by atoms with van der Waals surface area (Å²) >= 11 is 0. The molecule has 1 aliphatic rings. The van der Waals surface area contributed by atoms with Gasteiger partial charge in [-0.2, -0.15) is 5.16 Å². The Kier molecular flexibility index (Phi) is 4.37. The number of nitrogens with zero attached hydrogens (tertiary/aromatic N) is 1. The number of aromatic amines is 1. The zero-order valence-corrected chi connectivity index (χ0v) is 12.7. The van der Waals surface area contributed by atoms with E-state index in [-0.39, 0.29) is 30.0 Å². The molecule has 1 aromatic carbocycles. The molecule has 2 N–H and O–H groups in total. The largest absolute Gasteiger partial charge is 0.465 e. The van der Waals surface area contributed by atoms with E-state index in [4.69, 9.17) is 4.52 Å². The third kappa shape index (κ3) is 3.32. The van der Waals surface area contributed by atoms with Crippen LogP contribution in [0.2, 0.25) is 0 Å². The van der Waals surface area contributed by atoms with Crippen LogP contribution in [-0.4, -0.2) is 33.8 Å². The van der Waals surface area contributed by atoms with Gasteiger partial charge in [-0.3, -0.25) is 4.79 Å². The summed E-state index contributed by atoms with van der Waals surface area (Å²) in [7, 11) is 0. The molecule has 0 spiro atoms. The minimum absolute atomic E-state index is 0.129. The van der Waals surface area contributed by atoms with Crippen LogP contribution in [0, 0.1) is 11.6 Å². The molecule has 2 atom stereocenters. The number of nitrogens with one attached hydrogen (secondary N) is 1. The van der Waals surface area contributed by atoms with E-state index in [1.165, 1.54) is 17.0 Å². The van der Waals surface area contributed by atoms with Crippen molar-refractivity contribution in [2.24, 2.45) is 0 Å². The normalized spacial score (nSPS) is 21.0. The van der Waals surface area contributed by atoms with Gasteiger partial charge in [0.2, 0.25) is 0 Å². The molecule has 0 bridgehead atoms. The molecule has 3 rings (SSSR count). The molecular weight excluding hydrogens is 322 g/mol. The van der Waals surface area contributed by atoms with Crippen LogP contribution in [0.4, 0.5) is 13.6 Å². The van der Waals surface area contributed by atoms with Crippen molar-refractivity contribution in [2.75, 3.05) is 6.54 Å². The zero-order valence-electron chi connectivity index (χ0n) is 12.7. The standard InChI is InChI=1S/C16H16F2N2O4/c17-11-2-1-9(13(18)7-11)5-12-6-10(3-4-20(12)16(22)23)14-8-15(21)19-24-14/h1-2,7-8,10,12H,3-6H2,(H,19,21)(H,22,23). The first-order chi connectivity index (χ1) is 11.4. The molecule has 1 aliphatic heterocycles. The Morgan fingerprint density at radius 2 is 2.17 bits per heavy atom. The number of halogens is 2. The molecule has 6 nitrogen and oxygen atoms in total. The summed E-state index contributed by atoms with van der Waals surface area (Å²) in [6, 6.07) is 4.11. The van der Waals surface area contributed by atoms with E-state index in [1.807, 2.05) is 0 Å². The second-order valence-electron chi connectivity index (χ2n) is 5.91. The molecule has 8 heteroatoms. The number of H-pyrrole nitrogens is 1. The van der Waals surface area contributed by atoms with Crippen LogP contribution in [0.5, 0.6) is 0 Å². The van der Waals surface area contributed by atoms with Crippen molar-refractivity contribution in [1.82, 2.24) is 10.1 Å². The van der Waals surface area contributed by atoms with E-state index < -0.39 is 23.8 Å². The Hall–Kier alpha value is -2.64. The highest BCUT2D eigenvalue weighted by Gasteiger charge is 2.34. The third-order valence-corrected chi connectivity index (χ3v) is 4.38. The molecule has 24 heavy (non-hydrogen) atoms. The van der Waals surface area contributed by atoms with Crippen LogP contribution in [0.15, 0.2) is 33.6 Å². The molecule has 2 aromatic rings. The monoisotopic (exact) mass is 338 g/mol. The summed E-state index contributed by atoms with van der Waals surface area (Å²) in [4.78, 5) is 23.9. The van der Waals surface area contributed by atoms with Crippen molar-refractivity contribution in [3.05, 3.63) is 57.6 Å². The van der Waals surface area contributed by atoms with Crippen molar-refractivity contribution in [3.63, 3.8) is 0 Å². The van der Waals surface area contributed by atoms with Crippen LogP contribution in [0.25, 0.3) is 0 Å². The average molecular weight is 338 g/mol. The predicted octanol–water partition coefficient (Wildman–Crippen LogP) is 2.71. The fourth-order valence-corrected chi connectivity index (χ4v) is 3.19. The first-order valence-electron chi connectivity index (χ1n) is 7.56. The number of carbonyl (C=O) groups is 1. The minimum Gasteiger partial charge on any atom is -0.465 e. The Morgan fingerprint density at radius 3 is 2.79 bits per heavy atom. The number of likely N-dealkylation sites (tertiary alicyclic amines) is 1. The van der Waals surface area contributed by atoms with E-state index in [2.05, 4.69) is 5.16 Å². The van der Waals surface area contributed by atoms with Gasteiger partial charge in [0.05, 0.1) is 0 Å². The van der Waals surface area contributed by atoms with Gasteiger partial charge < -0.3 is 14.5 Å². The third-order valence-electron chi connectivity index (χ3n) is 4.38. The van der Waals surface area contributed by atoms with Crippen LogP contribution in [0.1, 0.15) is 30.1 Å². The van der Waals surface area contributed by atoms with Gasteiger partial charge in [-0.15, -0.1) is 0 Å². The van der Waals surface area contributed by atoms with Gasteiger partial charge in [0.15, 0.2) is 0 Å². The van der Waals surface area contributed by atoms with Crippen LogP contribution >= 0.6 is 0 Å². The predicted molar refractivity (Wildman–Crippen MR) is 79.9 cm³/mol. The molecular formula is C16H16F2N2O4. The molecule has 1 aromatic heterocycles. The van der Waals surface area contributed by atoms with E-state index in [1.54, 1.807) is 0 Å². The van der Waals surface area contributed by atoms with Gasteiger partial charge in [-0.25, -0.2) is 13.6 Å². The molecule has 2 unspecified atom stereocenters. The fourth-order valence-electron chi connectivity index (χ4n) is 3.19. The van der Waals surface area contributed by atoms with Crippen LogP contribution in [-0.2, 0) is 6.42 Å². The SMILES string of the molecule is O=C(O)N1CCC(c2cc(=O)[nH]o2)CC1Cc1ccc(F)cc1F. The first kappa shape index (κ1) is 16.2. The maximum absolute atomic E-state index is 13.9. The number of hydrogen-bond donors (Lipinski definition) is 2. The topological polar surface area (TPSA) is 86.5 Å². The highest BCUT2D eigenvalue weighted by Crippen LogP contribution is 2.32. The molecule has 1 fully saturated rings. The lowest BCUT2D eigenvalue weighted by Gasteiger charge is -2.37. The molecule has 1 saturated heterocycles. The second kappa shape index (κ2) is 6.46. The van der Waals surface area contributed by atoms with Gasteiger partial charge in [-0.05, 0) is 30.9 Å². The number of piperidine rings is 1. The maximum atomic E-state index is 13.9. The number of benzene rings is 1. The Balaban J connectivity index is 1.82. The lowest BCUT2D eigenvalue weighted by molar-refractivity contribution is 0.0965. The second-order valence-corrected chi connectivity index (χ2v) is 5.91. The van der Waals surface area contributed by atoms with E-state index >= 15 is 0 Å². The maximum Gasteiger partial charge on any atom is 0.407 e. The quantitative estimate of drug-likeness (QED) is 0.901. The fraction of sp³-hybridized carbons (Fsp3) is 0.375.